The lowest BCUT2D eigenvalue weighted by Crippen LogP contribution is -2.76. The number of hydrogen-bond acceptors (Lipinski definition) is 15. The molecule has 1 aromatic carbocycles. The summed E-state index contributed by atoms with van der Waals surface area (Å²) < 4.78 is 47.3. The topological polar surface area (TPSA) is 291 Å². The van der Waals surface area contributed by atoms with Crippen molar-refractivity contribution < 1.29 is 51.1 Å². The predicted molar refractivity (Wildman–Crippen MR) is 186 cm³/mol. The van der Waals surface area contributed by atoms with Crippen LogP contribution in [0.15, 0.2) is 28.7 Å². The number of ether oxygens (including phenoxy) is 2. The van der Waals surface area contributed by atoms with Crippen molar-refractivity contribution in [2.24, 2.45) is 10.9 Å². The third kappa shape index (κ3) is 7.98. The van der Waals surface area contributed by atoms with Crippen molar-refractivity contribution >= 4 is 56.2 Å². The van der Waals surface area contributed by atoms with E-state index in [2.05, 4.69) is 25.1 Å². The number of nitrogens with two attached hydrogens (primary N) is 2. The summed E-state index contributed by atoms with van der Waals surface area (Å²) in [6.07, 6.45) is 2.59. The van der Waals surface area contributed by atoms with E-state index in [1.165, 1.54) is 26.2 Å². The molecule has 5 rings (SSSR count). The number of hydroxylamine groups is 2. The molecule has 21 heteroatoms. The van der Waals surface area contributed by atoms with Crippen molar-refractivity contribution in [2.45, 2.75) is 94.2 Å². The van der Waals surface area contributed by atoms with Crippen molar-refractivity contribution in [3.63, 3.8) is 0 Å². The minimum Gasteiger partial charge on any atom is -0.485 e. The summed E-state index contributed by atoms with van der Waals surface area (Å²) in [5.74, 6) is -2.88. The van der Waals surface area contributed by atoms with Crippen LogP contribution in [0, 0.1) is 5.41 Å². The number of rotatable bonds is 13. The Morgan fingerprint density at radius 3 is 2.54 bits per heavy atom. The Hall–Kier alpha value is -4.41. The van der Waals surface area contributed by atoms with E-state index in [1.54, 1.807) is 19.2 Å². The summed E-state index contributed by atoms with van der Waals surface area (Å²) in [6.45, 7) is 4.40. The number of fused-ring (bicyclic) bond motifs is 1. The van der Waals surface area contributed by atoms with E-state index >= 15 is 0 Å². The van der Waals surface area contributed by atoms with Gasteiger partial charge in [0.15, 0.2) is 16.9 Å². The first-order chi connectivity index (χ1) is 24.3. The number of amidine groups is 1. The van der Waals surface area contributed by atoms with Crippen LogP contribution < -0.4 is 26.8 Å². The number of thiazole rings is 1. The second-order valence-electron chi connectivity index (χ2n) is 13.7. The molecular formula is C31H42N8O11S2. The van der Waals surface area contributed by atoms with Gasteiger partial charge in [0.05, 0.1) is 17.7 Å². The highest BCUT2D eigenvalue weighted by molar-refractivity contribution is 7.80. The standard InChI is InChI=1S/C31H42N8O11S2/c1-29(2)23(26(41)39(29)50-52(44,45)46)36-25(40)22(19-14-51-28(34)35-19)38-49-30(3,27(42)43)21-8-6-16-13-17(5-7-20(16)48-21)24(33)37-31(15-47-4)11-9-18(32)10-12-31/h5,7,13-14,18,21,23H,6,8-12,15,32H2,1-4H3,(H2,33,37)(H2,34,35)(H,36,40)(H,42,43)(H,44,45,46)/b38-22-/t18?,21-,23-,30+,31?/m1/s1. The smallest absolute Gasteiger partial charge is 0.418 e. The van der Waals surface area contributed by atoms with Crippen LogP contribution in [-0.2, 0) is 45.1 Å². The fourth-order valence-electron chi connectivity index (χ4n) is 6.44. The number of carboxylic acid groups (broad SMARTS) is 1. The number of β-lactam (4-membered cyclic amide) rings is 1. The maximum absolute atomic E-state index is 13.5. The predicted octanol–water partition coefficient (Wildman–Crippen LogP) is 0.725. The third-order valence-corrected chi connectivity index (χ3v) is 10.6. The third-order valence-electron chi connectivity index (χ3n) is 9.56. The second-order valence-corrected chi connectivity index (χ2v) is 15.6. The number of aromatic nitrogens is 1. The number of carbonyl (C=O) groups is 3. The molecule has 0 radical (unpaired) electrons. The van der Waals surface area contributed by atoms with Gasteiger partial charge in [-0.05, 0) is 83.1 Å². The number of carboxylic acids is 1. The number of hydrogen-bond donors (Lipinski definition) is 7. The number of methoxy groups -OCH3 is 1. The van der Waals surface area contributed by atoms with Crippen molar-refractivity contribution in [3.05, 3.63) is 40.4 Å². The number of aliphatic carboxylic acids is 1. The van der Waals surface area contributed by atoms with Gasteiger partial charge in [0.2, 0.25) is 0 Å². The fourth-order valence-corrected chi connectivity index (χ4v) is 7.44. The first-order valence-corrected chi connectivity index (χ1v) is 18.5. The quantitative estimate of drug-likeness (QED) is 0.0486. The molecule has 1 saturated carbocycles. The summed E-state index contributed by atoms with van der Waals surface area (Å²) in [4.78, 5) is 48.5. The molecule has 1 saturated heterocycles. The number of aryl methyl sites for hydroxylation is 1. The molecule has 2 amide bonds. The Bertz CT molecular complexity index is 1880. The zero-order valence-electron chi connectivity index (χ0n) is 28.9. The lowest BCUT2D eigenvalue weighted by molar-refractivity contribution is -0.218. The molecule has 1 aromatic heterocycles. The lowest BCUT2D eigenvalue weighted by Gasteiger charge is -2.50. The summed E-state index contributed by atoms with van der Waals surface area (Å²) in [7, 11) is -3.42. The molecule has 1 aliphatic carbocycles. The molecule has 3 heterocycles. The maximum atomic E-state index is 13.5. The second kappa shape index (κ2) is 14.5. The van der Waals surface area contributed by atoms with Gasteiger partial charge < -0.3 is 41.5 Å². The number of nitrogens with zero attached hydrogens (tertiary/aromatic N) is 3. The van der Waals surface area contributed by atoms with Gasteiger partial charge in [0.1, 0.15) is 23.3 Å². The molecule has 2 fully saturated rings. The van der Waals surface area contributed by atoms with Gasteiger partial charge in [-0.3, -0.25) is 19.6 Å². The highest BCUT2D eigenvalue weighted by atomic mass is 32.3. The number of nitrogens with one attached hydrogen (secondary N) is 3. The minimum absolute atomic E-state index is 0.0518. The van der Waals surface area contributed by atoms with E-state index in [4.69, 9.17) is 35.7 Å². The number of carbonyl (C=O) groups excluding carboxylic acids is 2. The molecule has 9 N–H and O–H groups in total. The summed E-state index contributed by atoms with van der Waals surface area (Å²) in [5, 5.41) is 30.6. The Balaban J connectivity index is 1.33. The molecule has 2 aromatic rings. The van der Waals surface area contributed by atoms with E-state index in [1.807, 2.05) is 6.07 Å². The Kier molecular flexibility index (Phi) is 10.9. The van der Waals surface area contributed by atoms with Crippen LogP contribution in [-0.4, -0.2) is 106 Å². The van der Waals surface area contributed by atoms with Gasteiger partial charge in [0.25, 0.3) is 17.4 Å². The van der Waals surface area contributed by atoms with Crippen LogP contribution in [0.25, 0.3) is 0 Å². The molecule has 2 aliphatic heterocycles. The monoisotopic (exact) mass is 766 g/mol. The Morgan fingerprint density at radius 2 is 1.96 bits per heavy atom. The first-order valence-electron chi connectivity index (χ1n) is 16.2. The largest absolute Gasteiger partial charge is 0.485 e. The van der Waals surface area contributed by atoms with Crippen molar-refractivity contribution in [1.29, 1.82) is 5.41 Å². The summed E-state index contributed by atoms with van der Waals surface area (Å²) in [6, 6.07) is 3.93. The molecule has 3 aliphatic rings. The average molecular weight is 767 g/mol. The minimum atomic E-state index is -5.04. The van der Waals surface area contributed by atoms with E-state index in [9.17, 15) is 27.9 Å². The zero-order chi connectivity index (χ0) is 38.2. The first kappa shape index (κ1) is 38.8. The van der Waals surface area contributed by atoms with Crippen LogP contribution in [0.4, 0.5) is 5.13 Å². The summed E-state index contributed by atoms with van der Waals surface area (Å²) >= 11 is 0.959. The SMILES string of the molecule is COCC1(NC(=N)c2ccc3c(c2)CC[C@H]([C@](C)(O/N=C(\C(=O)N[C@@H]2C(=O)N(OS(=O)(=O)O)C2(C)C)c2csc(N)n2)C(=O)O)O3)CCC(N)CC1. The highest BCUT2D eigenvalue weighted by Gasteiger charge is 2.58. The number of amides is 2. The normalized spacial score (nSPS) is 25.5. The molecule has 19 nitrogen and oxygen atoms in total. The van der Waals surface area contributed by atoms with Crippen LogP contribution >= 0.6 is 11.3 Å². The average Bonchev–Trinajstić information content (AvgIpc) is 3.51. The van der Waals surface area contributed by atoms with Gasteiger partial charge in [-0.25, -0.2) is 9.78 Å². The zero-order valence-corrected chi connectivity index (χ0v) is 30.5. The van der Waals surface area contributed by atoms with Gasteiger partial charge in [-0.1, -0.05) is 5.16 Å². The Morgan fingerprint density at radius 1 is 1.27 bits per heavy atom. The van der Waals surface area contributed by atoms with Crippen LogP contribution in [0.3, 0.4) is 0 Å². The molecule has 52 heavy (non-hydrogen) atoms. The molecule has 3 atom stereocenters. The van der Waals surface area contributed by atoms with Crippen molar-refractivity contribution in [3.8, 4) is 5.75 Å². The summed E-state index contributed by atoms with van der Waals surface area (Å²) in [5.41, 5.74) is 8.62. The lowest BCUT2D eigenvalue weighted by atomic mass is 9.80. The van der Waals surface area contributed by atoms with Gasteiger partial charge in [-0.15, -0.1) is 15.6 Å². The van der Waals surface area contributed by atoms with Gasteiger partial charge in [0, 0.05) is 24.1 Å². The number of benzene rings is 1. The molecule has 0 bridgehead atoms. The van der Waals surface area contributed by atoms with Crippen LogP contribution in [0.5, 0.6) is 5.75 Å². The molecular weight excluding hydrogens is 725 g/mol. The van der Waals surface area contributed by atoms with Crippen molar-refractivity contribution in [2.75, 3.05) is 19.5 Å². The molecule has 284 valence electrons. The molecule has 0 unspecified atom stereocenters. The van der Waals surface area contributed by atoms with E-state index < -0.39 is 62.7 Å². The van der Waals surface area contributed by atoms with Crippen LogP contribution in [0.2, 0.25) is 0 Å². The Labute approximate surface area is 303 Å². The number of anilines is 1. The van der Waals surface area contributed by atoms with E-state index in [0.717, 1.165) is 42.6 Å². The van der Waals surface area contributed by atoms with Crippen LogP contribution in [0.1, 0.15) is 69.7 Å². The van der Waals surface area contributed by atoms with Gasteiger partial charge in [-0.2, -0.15) is 13.5 Å². The molecule has 0 spiro atoms. The fraction of sp³-hybridized carbons (Fsp3) is 0.548. The highest BCUT2D eigenvalue weighted by Crippen LogP contribution is 2.36. The maximum Gasteiger partial charge on any atom is 0.418 e. The van der Waals surface area contributed by atoms with Crippen molar-refractivity contribution in [1.82, 2.24) is 20.7 Å². The number of oxime groups is 1. The van der Waals surface area contributed by atoms with E-state index in [-0.39, 0.29) is 29.1 Å². The van der Waals surface area contributed by atoms with E-state index in [0.29, 0.717) is 29.4 Å². The number of nitrogen functional groups attached to an aromatic ring is 1. The van der Waals surface area contributed by atoms with Gasteiger partial charge >= 0.3 is 16.4 Å².